The topological polar surface area (TPSA) is 89.0 Å². The van der Waals surface area contributed by atoms with Gasteiger partial charge in [0.15, 0.2) is 0 Å². The lowest BCUT2D eigenvalue weighted by atomic mass is 9.93. The van der Waals surface area contributed by atoms with Gasteiger partial charge in [0.1, 0.15) is 0 Å². The summed E-state index contributed by atoms with van der Waals surface area (Å²) in [5, 5.41) is 17.6. The molecule has 18 heavy (non-hydrogen) atoms. The Kier molecular flexibility index (Phi) is 3.47. The molecular formula is C12H23N5O. The van der Waals surface area contributed by atoms with Gasteiger partial charge >= 0.3 is 0 Å². The summed E-state index contributed by atoms with van der Waals surface area (Å²) in [6, 6.07) is -0.0400. The van der Waals surface area contributed by atoms with Crippen LogP contribution >= 0.6 is 0 Å². The summed E-state index contributed by atoms with van der Waals surface area (Å²) in [5.74, 6) is 0.894. The molecule has 2 atom stereocenters. The van der Waals surface area contributed by atoms with E-state index in [1.807, 2.05) is 20.8 Å². The van der Waals surface area contributed by atoms with E-state index in [-0.39, 0.29) is 17.7 Å². The molecule has 2 unspecified atom stereocenters. The molecular weight excluding hydrogens is 230 g/mol. The lowest BCUT2D eigenvalue weighted by Gasteiger charge is -2.27. The second kappa shape index (κ2) is 4.76. The molecule has 0 amide bonds. The molecule has 1 aliphatic rings. The zero-order valence-electron chi connectivity index (χ0n) is 11.3. The van der Waals surface area contributed by atoms with Crippen LogP contribution in [0.1, 0.15) is 52.5 Å². The Morgan fingerprint density at radius 1 is 1.33 bits per heavy atom. The van der Waals surface area contributed by atoms with Crippen LogP contribution in [0.2, 0.25) is 0 Å². The second-order valence-corrected chi connectivity index (χ2v) is 6.03. The Hall–Kier alpha value is -1.30. The number of nitrogen functional groups attached to an aromatic ring is 1. The van der Waals surface area contributed by atoms with Crippen molar-refractivity contribution in [3.05, 3.63) is 0 Å². The van der Waals surface area contributed by atoms with E-state index in [0.717, 1.165) is 25.7 Å². The maximum absolute atomic E-state index is 10.0. The van der Waals surface area contributed by atoms with Gasteiger partial charge in [-0.25, -0.2) is 4.68 Å². The van der Waals surface area contributed by atoms with Gasteiger partial charge in [0.2, 0.25) is 11.9 Å². The number of anilines is 2. The third-order valence-corrected chi connectivity index (χ3v) is 3.15. The molecule has 6 heteroatoms. The van der Waals surface area contributed by atoms with Gasteiger partial charge in [0, 0.05) is 5.54 Å². The van der Waals surface area contributed by atoms with Crippen molar-refractivity contribution in [1.29, 1.82) is 0 Å². The van der Waals surface area contributed by atoms with Gasteiger partial charge in [0.05, 0.1) is 12.1 Å². The minimum absolute atomic E-state index is 0.0400. The zero-order valence-corrected chi connectivity index (χ0v) is 11.3. The zero-order chi connectivity index (χ0) is 13.3. The van der Waals surface area contributed by atoms with Crippen LogP contribution in [0.5, 0.6) is 0 Å². The summed E-state index contributed by atoms with van der Waals surface area (Å²) in [5.41, 5.74) is 5.78. The SMILES string of the molecule is CC(C)(C)Nc1nc(N)n(C2CCCCC2O)n1. The normalized spacial score (nSPS) is 25.1. The highest BCUT2D eigenvalue weighted by Crippen LogP contribution is 2.30. The highest BCUT2D eigenvalue weighted by Gasteiger charge is 2.28. The molecule has 1 heterocycles. The Balaban J connectivity index is 2.18. The van der Waals surface area contributed by atoms with Gasteiger partial charge in [-0.15, -0.1) is 5.10 Å². The molecule has 0 spiro atoms. The fraction of sp³-hybridized carbons (Fsp3) is 0.833. The average Bonchev–Trinajstić information content (AvgIpc) is 2.57. The van der Waals surface area contributed by atoms with Crippen LogP contribution in [0, 0.1) is 0 Å². The Bertz CT molecular complexity index is 409. The van der Waals surface area contributed by atoms with E-state index < -0.39 is 0 Å². The molecule has 102 valence electrons. The molecule has 4 N–H and O–H groups in total. The number of aromatic nitrogens is 3. The molecule has 0 aromatic carbocycles. The van der Waals surface area contributed by atoms with Crippen LogP contribution in [0.25, 0.3) is 0 Å². The molecule has 2 rings (SSSR count). The highest BCUT2D eigenvalue weighted by atomic mass is 16.3. The van der Waals surface area contributed by atoms with E-state index in [1.165, 1.54) is 0 Å². The van der Waals surface area contributed by atoms with Crippen LogP contribution in [0.15, 0.2) is 0 Å². The van der Waals surface area contributed by atoms with E-state index in [4.69, 9.17) is 5.73 Å². The minimum atomic E-state index is -0.370. The molecule has 1 aliphatic carbocycles. The van der Waals surface area contributed by atoms with E-state index in [2.05, 4.69) is 15.4 Å². The maximum Gasteiger partial charge on any atom is 0.244 e. The third-order valence-electron chi connectivity index (χ3n) is 3.15. The van der Waals surface area contributed by atoms with Gasteiger partial charge < -0.3 is 16.2 Å². The summed E-state index contributed by atoms with van der Waals surface area (Å²) < 4.78 is 1.66. The highest BCUT2D eigenvalue weighted by molar-refractivity contribution is 5.34. The lowest BCUT2D eigenvalue weighted by molar-refractivity contribution is 0.0705. The summed E-state index contributed by atoms with van der Waals surface area (Å²) in [7, 11) is 0. The summed E-state index contributed by atoms with van der Waals surface area (Å²) in [4.78, 5) is 4.21. The van der Waals surface area contributed by atoms with Crippen LogP contribution in [-0.2, 0) is 0 Å². The predicted octanol–water partition coefficient (Wildman–Crippen LogP) is 1.55. The van der Waals surface area contributed by atoms with Crippen LogP contribution in [0.3, 0.4) is 0 Å². The first-order valence-electron chi connectivity index (χ1n) is 6.55. The van der Waals surface area contributed by atoms with Crippen molar-refractivity contribution < 1.29 is 5.11 Å². The predicted molar refractivity (Wildman–Crippen MR) is 71.3 cm³/mol. The molecule has 1 saturated carbocycles. The molecule has 0 saturated heterocycles. The molecule has 0 bridgehead atoms. The van der Waals surface area contributed by atoms with Crippen molar-refractivity contribution in [3.63, 3.8) is 0 Å². The molecule has 0 radical (unpaired) electrons. The minimum Gasteiger partial charge on any atom is -0.391 e. The first kappa shape index (κ1) is 13.1. The van der Waals surface area contributed by atoms with E-state index in [0.29, 0.717) is 11.9 Å². The van der Waals surface area contributed by atoms with Crippen molar-refractivity contribution in [2.75, 3.05) is 11.1 Å². The first-order valence-corrected chi connectivity index (χ1v) is 6.55. The number of aliphatic hydroxyl groups excluding tert-OH is 1. The summed E-state index contributed by atoms with van der Waals surface area (Å²) in [6.45, 7) is 6.12. The number of nitrogens with one attached hydrogen (secondary N) is 1. The average molecular weight is 253 g/mol. The van der Waals surface area contributed by atoms with Gasteiger partial charge in [-0.3, -0.25) is 0 Å². The molecule has 0 aliphatic heterocycles. The molecule has 1 aromatic rings. The van der Waals surface area contributed by atoms with Crippen molar-refractivity contribution in [1.82, 2.24) is 14.8 Å². The Labute approximate surface area is 108 Å². The fourth-order valence-corrected chi connectivity index (χ4v) is 2.34. The lowest BCUT2D eigenvalue weighted by Crippen LogP contribution is -2.30. The van der Waals surface area contributed by atoms with Crippen molar-refractivity contribution in [3.8, 4) is 0 Å². The monoisotopic (exact) mass is 253 g/mol. The molecule has 6 nitrogen and oxygen atoms in total. The Morgan fingerprint density at radius 2 is 2.00 bits per heavy atom. The fourth-order valence-electron chi connectivity index (χ4n) is 2.34. The quantitative estimate of drug-likeness (QED) is 0.744. The van der Waals surface area contributed by atoms with Gasteiger partial charge in [0.25, 0.3) is 0 Å². The summed E-state index contributed by atoms with van der Waals surface area (Å²) in [6.07, 6.45) is 3.52. The van der Waals surface area contributed by atoms with Crippen molar-refractivity contribution in [2.24, 2.45) is 0 Å². The number of hydrogen-bond donors (Lipinski definition) is 3. The first-order chi connectivity index (χ1) is 8.37. The van der Waals surface area contributed by atoms with Crippen molar-refractivity contribution >= 4 is 11.9 Å². The number of nitrogens with two attached hydrogens (primary N) is 1. The second-order valence-electron chi connectivity index (χ2n) is 6.03. The largest absolute Gasteiger partial charge is 0.391 e. The van der Waals surface area contributed by atoms with Gasteiger partial charge in [-0.05, 0) is 33.6 Å². The van der Waals surface area contributed by atoms with Gasteiger partial charge in [-0.1, -0.05) is 12.8 Å². The van der Waals surface area contributed by atoms with Crippen LogP contribution < -0.4 is 11.1 Å². The smallest absolute Gasteiger partial charge is 0.244 e. The third kappa shape index (κ3) is 2.93. The standard InChI is InChI=1S/C12H23N5O/c1-12(2,3)15-11-14-10(13)17(16-11)8-6-4-5-7-9(8)18/h8-9,18H,4-7H2,1-3H3,(H3,13,14,15,16). The van der Waals surface area contributed by atoms with E-state index >= 15 is 0 Å². The van der Waals surface area contributed by atoms with Crippen LogP contribution in [0.4, 0.5) is 11.9 Å². The number of aliphatic hydroxyl groups is 1. The summed E-state index contributed by atoms with van der Waals surface area (Å²) >= 11 is 0. The molecule has 1 aromatic heterocycles. The maximum atomic E-state index is 10.0. The number of rotatable bonds is 2. The van der Waals surface area contributed by atoms with Crippen molar-refractivity contribution in [2.45, 2.75) is 64.1 Å². The van der Waals surface area contributed by atoms with Crippen LogP contribution in [-0.4, -0.2) is 31.5 Å². The van der Waals surface area contributed by atoms with E-state index in [1.54, 1.807) is 4.68 Å². The molecule has 1 fully saturated rings. The Morgan fingerprint density at radius 3 is 2.61 bits per heavy atom. The van der Waals surface area contributed by atoms with Gasteiger partial charge in [-0.2, -0.15) is 4.98 Å². The van der Waals surface area contributed by atoms with E-state index in [9.17, 15) is 5.11 Å². The number of nitrogens with zero attached hydrogens (tertiary/aromatic N) is 3. The number of hydrogen-bond acceptors (Lipinski definition) is 5.